The number of nitrogens with one attached hydrogen (secondary N) is 1. The first-order valence-electron chi connectivity index (χ1n) is 10.3. The van der Waals surface area contributed by atoms with E-state index in [1.54, 1.807) is 11.3 Å². The van der Waals surface area contributed by atoms with Crippen LogP contribution in [0, 0.1) is 18.8 Å². The van der Waals surface area contributed by atoms with Crippen molar-refractivity contribution in [2.24, 2.45) is 11.8 Å². The smallest absolute Gasteiger partial charge is 0.260 e. The second kappa shape index (κ2) is 8.42. The molecule has 2 aliphatic heterocycles. The molecular formula is C21H28F2N4OS. The van der Waals surface area contributed by atoms with E-state index in [1.165, 1.54) is 9.56 Å². The van der Waals surface area contributed by atoms with Crippen molar-refractivity contribution in [3.8, 4) is 0 Å². The molecule has 8 heteroatoms. The van der Waals surface area contributed by atoms with Crippen molar-refractivity contribution in [1.82, 2.24) is 14.7 Å². The Morgan fingerprint density at radius 2 is 2.14 bits per heavy atom. The summed E-state index contributed by atoms with van der Waals surface area (Å²) in [6.07, 6.45) is 0.410. The summed E-state index contributed by atoms with van der Waals surface area (Å²) < 4.78 is 28.7. The number of alkyl halides is 2. The van der Waals surface area contributed by atoms with Gasteiger partial charge in [0, 0.05) is 36.0 Å². The van der Waals surface area contributed by atoms with E-state index in [1.807, 2.05) is 36.3 Å². The molecule has 1 N–H and O–H groups in total. The van der Waals surface area contributed by atoms with Crippen LogP contribution in [-0.4, -0.2) is 46.1 Å². The lowest BCUT2D eigenvalue weighted by Crippen LogP contribution is -2.47. The number of likely N-dealkylation sites (tertiary alicyclic amines) is 1. The van der Waals surface area contributed by atoms with Gasteiger partial charge in [-0.05, 0) is 50.0 Å². The number of amides is 1. The topological polar surface area (TPSA) is 50.2 Å². The van der Waals surface area contributed by atoms with Gasteiger partial charge < -0.3 is 10.2 Å². The Balaban J connectivity index is 1.35. The highest BCUT2D eigenvalue weighted by Gasteiger charge is 2.38. The third-order valence-corrected chi connectivity index (χ3v) is 7.12. The van der Waals surface area contributed by atoms with Crippen LogP contribution >= 0.6 is 11.3 Å². The van der Waals surface area contributed by atoms with Gasteiger partial charge in [-0.2, -0.15) is 5.10 Å². The molecule has 0 aromatic carbocycles. The van der Waals surface area contributed by atoms with Crippen molar-refractivity contribution in [2.45, 2.75) is 58.0 Å². The van der Waals surface area contributed by atoms with Crippen LogP contribution in [0.3, 0.4) is 0 Å². The van der Waals surface area contributed by atoms with Crippen LogP contribution in [0.2, 0.25) is 0 Å². The molecule has 2 aromatic rings. The Hall–Kier alpha value is -1.96. The maximum atomic E-state index is 13.6. The average Bonchev–Trinajstić information content (AvgIpc) is 3.34. The third-order valence-electron chi connectivity index (χ3n) is 6.22. The highest BCUT2D eigenvalue weighted by Crippen LogP contribution is 2.37. The SMILES string of the molecule is Cc1cc2n(n1)[C@@H](C(F)F)C[C@@H](C1CCN(C(=O)[C@H](C)Cc3cccs3)CC1)N2. The number of rotatable bonds is 5. The first-order chi connectivity index (χ1) is 13.9. The third kappa shape index (κ3) is 4.32. The Morgan fingerprint density at radius 1 is 1.38 bits per heavy atom. The number of piperidine rings is 1. The molecule has 0 bridgehead atoms. The lowest BCUT2D eigenvalue weighted by molar-refractivity contribution is -0.136. The van der Waals surface area contributed by atoms with E-state index in [9.17, 15) is 13.6 Å². The standard InChI is InChI=1S/C21H28F2N4OS/c1-13(10-16-4-3-9-29-16)21(28)26-7-5-15(6-8-26)17-12-18(20(22)23)27-19(24-17)11-14(2)25-27/h3-4,9,11,13,15,17-18,20,24H,5-8,10,12H2,1-2H3/t13-,17+,18-/m1/s1. The highest BCUT2D eigenvalue weighted by atomic mass is 32.1. The molecule has 2 aliphatic rings. The van der Waals surface area contributed by atoms with E-state index >= 15 is 0 Å². The number of aromatic nitrogens is 2. The largest absolute Gasteiger partial charge is 0.367 e. The molecular weight excluding hydrogens is 394 g/mol. The Kier molecular flexibility index (Phi) is 5.90. The van der Waals surface area contributed by atoms with Crippen LogP contribution in [0.25, 0.3) is 0 Å². The minimum absolute atomic E-state index is 0.00149. The van der Waals surface area contributed by atoms with Crippen molar-refractivity contribution >= 4 is 23.1 Å². The minimum atomic E-state index is -2.43. The number of nitrogens with zero attached hydrogens (tertiary/aromatic N) is 3. The fraction of sp³-hybridized carbons (Fsp3) is 0.619. The molecule has 29 heavy (non-hydrogen) atoms. The Morgan fingerprint density at radius 3 is 2.79 bits per heavy atom. The summed E-state index contributed by atoms with van der Waals surface area (Å²) >= 11 is 1.69. The number of carbonyl (C=O) groups excluding carboxylic acids is 1. The molecule has 3 atom stereocenters. The molecule has 4 rings (SSSR count). The van der Waals surface area contributed by atoms with Crippen LogP contribution in [0.15, 0.2) is 23.6 Å². The second-order valence-electron chi connectivity index (χ2n) is 8.35. The van der Waals surface area contributed by atoms with Crippen molar-refractivity contribution in [1.29, 1.82) is 0 Å². The Labute approximate surface area is 174 Å². The molecule has 1 saturated heterocycles. The molecule has 0 unspecified atom stereocenters. The first kappa shape index (κ1) is 20.3. The molecule has 0 saturated carbocycles. The predicted octanol–water partition coefficient (Wildman–Crippen LogP) is 4.36. The quantitative estimate of drug-likeness (QED) is 0.779. The maximum absolute atomic E-state index is 13.6. The van der Waals surface area contributed by atoms with E-state index in [-0.39, 0.29) is 23.8 Å². The lowest BCUT2D eigenvalue weighted by Gasteiger charge is -2.41. The van der Waals surface area contributed by atoms with E-state index in [0.717, 1.165) is 25.0 Å². The molecule has 158 valence electrons. The van der Waals surface area contributed by atoms with Crippen molar-refractivity contribution in [2.75, 3.05) is 18.4 Å². The summed E-state index contributed by atoms with van der Waals surface area (Å²) in [5.41, 5.74) is 0.749. The van der Waals surface area contributed by atoms with Gasteiger partial charge in [0.25, 0.3) is 6.43 Å². The van der Waals surface area contributed by atoms with Gasteiger partial charge in [-0.3, -0.25) is 4.79 Å². The molecule has 2 aromatic heterocycles. The summed E-state index contributed by atoms with van der Waals surface area (Å²) in [4.78, 5) is 16.0. The van der Waals surface area contributed by atoms with E-state index in [0.29, 0.717) is 25.3 Å². The number of thiophene rings is 1. The fourth-order valence-electron chi connectivity index (χ4n) is 4.66. The van der Waals surface area contributed by atoms with E-state index in [2.05, 4.69) is 16.5 Å². The maximum Gasteiger partial charge on any atom is 0.260 e. The summed E-state index contributed by atoms with van der Waals surface area (Å²) in [5, 5.41) is 9.71. The number of aryl methyl sites for hydroxylation is 1. The van der Waals surface area contributed by atoms with Gasteiger partial charge in [0.2, 0.25) is 5.91 Å². The van der Waals surface area contributed by atoms with Gasteiger partial charge in [-0.15, -0.1) is 11.3 Å². The van der Waals surface area contributed by atoms with Crippen molar-refractivity contribution < 1.29 is 13.6 Å². The van der Waals surface area contributed by atoms with Gasteiger partial charge >= 0.3 is 0 Å². The van der Waals surface area contributed by atoms with Gasteiger partial charge in [0.1, 0.15) is 11.9 Å². The molecule has 4 heterocycles. The first-order valence-corrected chi connectivity index (χ1v) is 11.2. The monoisotopic (exact) mass is 422 g/mol. The number of hydrogen-bond acceptors (Lipinski definition) is 4. The highest BCUT2D eigenvalue weighted by molar-refractivity contribution is 7.09. The number of carbonyl (C=O) groups is 1. The zero-order chi connectivity index (χ0) is 20.5. The minimum Gasteiger partial charge on any atom is -0.367 e. The summed E-state index contributed by atoms with van der Waals surface area (Å²) in [6, 6.07) is 5.04. The number of hydrogen-bond donors (Lipinski definition) is 1. The van der Waals surface area contributed by atoms with Gasteiger partial charge in [0.05, 0.1) is 5.69 Å². The fourth-order valence-corrected chi connectivity index (χ4v) is 5.49. The number of anilines is 1. The van der Waals surface area contributed by atoms with Crippen LogP contribution in [0.5, 0.6) is 0 Å². The summed E-state index contributed by atoms with van der Waals surface area (Å²) in [6.45, 7) is 5.22. The normalized spacial score (nSPS) is 23.7. The van der Waals surface area contributed by atoms with Crippen LogP contribution in [0.1, 0.15) is 42.8 Å². The van der Waals surface area contributed by atoms with Gasteiger partial charge in [0.15, 0.2) is 0 Å². The molecule has 1 amide bonds. The molecule has 0 aliphatic carbocycles. The van der Waals surface area contributed by atoms with Crippen molar-refractivity contribution in [3.63, 3.8) is 0 Å². The zero-order valence-electron chi connectivity index (χ0n) is 16.9. The molecule has 0 radical (unpaired) electrons. The zero-order valence-corrected chi connectivity index (χ0v) is 17.7. The predicted molar refractivity (Wildman–Crippen MR) is 111 cm³/mol. The summed E-state index contributed by atoms with van der Waals surface area (Å²) in [7, 11) is 0. The Bertz CT molecular complexity index is 830. The number of halogens is 2. The molecule has 1 fully saturated rings. The summed E-state index contributed by atoms with van der Waals surface area (Å²) in [5.74, 6) is 1.15. The van der Waals surface area contributed by atoms with Gasteiger partial charge in [-0.1, -0.05) is 13.0 Å². The van der Waals surface area contributed by atoms with E-state index < -0.39 is 12.5 Å². The van der Waals surface area contributed by atoms with Crippen LogP contribution in [0.4, 0.5) is 14.6 Å². The van der Waals surface area contributed by atoms with Gasteiger partial charge in [-0.25, -0.2) is 13.5 Å². The van der Waals surface area contributed by atoms with Crippen molar-refractivity contribution in [3.05, 3.63) is 34.2 Å². The number of fused-ring (bicyclic) bond motifs is 1. The molecule has 0 spiro atoms. The second-order valence-corrected chi connectivity index (χ2v) is 9.38. The average molecular weight is 423 g/mol. The molecule has 5 nitrogen and oxygen atoms in total. The van der Waals surface area contributed by atoms with Crippen LogP contribution < -0.4 is 5.32 Å². The lowest BCUT2D eigenvalue weighted by atomic mass is 9.84. The van der Waals surface area contributed by atoms with E-state index in [4.69, 9.17) is 0 Å². The van der Waals surface area contributed by atoms with Crippen LogP contribution in [-0.2, 0) is 11.2 Å².